The van der Waals surface area contributed by atoms with Gasteiger partial charge in [-0.15, -0.1) is 0 Å². The van der Waals surface area contributed by atoms with Crippen LogP contribution >= 0.6 is 0 Å². The number of nitrogens with one attached hydrogen (secondary N) is 2. The standard InChI is InChI=1S/C12H22N2/c1-11(2,3)9-7-8-13-14-10(9)12(4,5)6/h7-8,13-14H,1-6H3. The van der Waals surface area contributed by atoms with Crippen molar-refractivity contribution >= 4 is 0 Å². The van der Waals surface area contributed by atoms with Crippen molar-refractivity contribution in [3.05, 3.63) is 23.5 Å². The van der Waals surface area contributed by atoms with Crippen LogP contribution in [0.4, 0.5) is 0 Å². The van der Waals surface area contributed by atoms with Crippen molar-refractivity contribution in [1.82, 2.24) is 10.9 Å². The molecule has 0 aliphatic carbocycles. The molecule has 1 aliphatic heterocycles. The monoisotopic (exact) mass is 194 g/mol. The maximum atomic E-state index is 3.26. The highest BCUT2D eigenvalue weighted by Crippen LogP contribution is 2.36. The fourth-order valence-corrected chi connectivity index (χ4v) is 1.61. The molecule has 0 bridgehead atoms. The summed E-state index contributed by atoms with van der Waals surface area (Å²) in [5.41, 5.74) is 9.32. The van der Waals surface area contributed by atoms with E-state index in [-0.39, 0.29) is 10.8 Å². The second-order valence-corrected chi connectivity index (χ2v) is 5.89. The minimum atomic E-state index is 0.153. The highest BCUT2D eigenvalue weighted by molar-refractivity contribution is 5.34. The average Bonchev–Trinajstić information content (AvgIpc) is 2.01. The maximum Gasteiger partial charge on any atom is 0.0405 e. The molecule has 0 unspecified atom stereocenters. The Labute approximate surface area is 87.4 Å². The molecule has 1 aliphatic rings. The zero-order chi connectivity index (χ0) is 11.0. The lowest BCUT2D eigenvalue weighted by Crippen LogP contribution is -2.38. The molecule has 0 saturated heterocycles. The van der Waals surface area contributed by atoms with Gasteiger partial charge in [-0.2, -0.15) is 0 Å². The van der Waals surface area contributed by atoms with Crippen molar-refractivity contribution in [2.24, 2.45) is 10.8 Å². The lowest BCUT2D eigenvalue weighted by atomic mass is 9.78. The smallest absolute Gasteiger partial charge is 0.0405 e. The molecule has 2 N–H and O–H groups in total. The lowest BCUT2D eigenvalue weighted by Gasteiger charge is -2.34. The van der Waals surface area contributed by atoms with Gasteiger partial charge in [0.05, 0.1) is 0 Å². The third kappa shape index (κ3) is 2.31. The van der Waals surface area contributed by atoms with E-state index in [4.69, 9.17) is 0 Å². The molecule has 0 aromatic heterocycles. The van der Waals surface area contributed by atoms with Crippen molar-refractivity contribution in [2.45, 2.75) is 41.5 Å². The van der Waals surface area contributed by atoms with Crippen molar-refractivity contribution in [3.63, 3.8) is 0 Å². The van der Waals surface area contributed by atoms with Gasteiger partial charge in [0.25, 0.3) is 0 Å². The molecule has 0 aromatic carbocycles. The van der Waals surface area contributed by atoms with Gasteiger partial charge in [0.2, 0.25) is 0 Å². The molecule has 0 fully saturated rings. The summed E-state index contributed by atoms with van der Waals surface area (Å²) in [7, 11) is 0. The summed E-state index contributed by atoms with van der Waals surface area (Å²) in [6, 6.07) is 0. The highest BCUT2D eigenvalue weighted by Gasteiger charge is 2.27. The van der Waals surface area contributed by atoms with Crippen LogP contribution in [0.25, 0.3) is 0 Å². The van der Waals surface area contributed by atoms with Crippen LogP contribution in [0.2, 0.25) is 0 Å². The highest BCUT2D eigenvalue weighted by atomic mass is 15.4. The predicted octanol–water partition coefficient (Wildman–Crippen LogP) is 2.95. The van der Waals surface area contributed by atoms with Crippen LogP contribution in [0.1, 0.15) is 41.5 Å². The lowest BCUT2D eigenvalue weighted by molar-refractivity contribution is 0.404. The molecule has 14 heavy (non-hydrogen) atoms. The van der Waals surface area contributed by atoms with Crippen molar-refractivity contribution in [2.75, 3.05) is 0 Å². The SMILES string of the molecule is CC(C)(C)C1=C(C(C)(C)C)NNC=C1. The largest absolute Gasteiger partial charge is 0.308 e. The fourth-order valence-electron chi connectivity index (χ4n) is 1.61. The molecule has 0 saturated carbocycles. The predicted molar refractivity (Wildman–Crippen MR) is 61.3 cm³/mol. The van der Waals surface area contributed by atoms with Crippen LogP contribution in [0, 0.1) is 10.8 Å². The van der Waals surface area contributed by atoms with Gasteiger partial charge in [-0.05, 0) is 17.1 Å². The number of hydrogen-bond acceptors (Lipinski definition) is 2. The van der Waals surface area contributed by atoms with Crippen LogP contribution in [-0.2, 0) is 0 Å². The van der Waals surface area contributed by atoms with Gasteiger partial charge >= 0.3 is 0 Å². The minimum Gasteiger partial charge on any atom is -0.308 e. The van der Waals surface area contributed by atoms with E-state index in [9.17, 15) is 0 Å². The first-order valence-electron chi connectivity index (χ1n) is 5.16. The van der Waals surface area contributed by atoms with Crippen molar-refractivity contribution in [3.8, 4) is 0 Å². The number of hydrogen-bond donors (Lipinski definition) is 2. The summed E-state index contributed by atoms with van der Waals surface area (Å²) in [6.45, 7) is 13.4. The zero-order valence-electron chi connectivity index (χ0n) is 10.2. The zero-order valence-corrected chi connectivity index (χ0v) is 10.2. The van der Waals surface area contributed by atoms with Gasteiger partial charge in [0.15, 0.2) is 0 Å². The van der Waals surface area contributed by atoms with Gasteiger partial charge in [-0.25, -0.2) is 0 Å². The summed E-state index contributed by atoms with van der Waals surface area (Å²) in [5, 5.41) is 0. The van der Waals surface area contributed by atoms with Crippen LogP contribution < -0.4 is 10.9 Å². The molecule has 2 heteroatoms. The summed E-state index contributed by atoms with van der Waals surface area (Å²) in [5.74, 6) is 0. The Hall–Kier alpha value is -0.920. The normalized spacial score (nSPS) is 17.9. The second-order valence-electron chi connectivity index (χ2n) is 5.89. The fraction of sp³-hybridized carbons (Fsp3) is 0.667. The van der Waals surface area contributed by atoms with E-state index in [1.165, 1.54) is 11.3 Å². The van der Waals surface area contributed by atoms with Crippen LogP contribution in [0.5, 0.6) is 0 Å². The topological polar surface area (TPSA) is 24.1 Å². The molecular formula is C12H22N2. The summed E-state index contributed by atoms with van der Waals surface area (Å²) in [6.07, 6.45) is 4.12. The molecule has 0 radical (unpaired) electrons. The number of rotatable bonds is 0. The van der Waals surface area contributed by atoms with E-state index < -0.39 is 0 Å². The molecule has 0 atom stereocenters. The third-order valence-electron chi connectivity index (χ3n) is 2.36. The second kappa shape index (κ2) is 3.34. The minimum absolute atomic E-state index is 0.153. The average molecular weight is 194 g/mol. The molecule has 0 amide bonds. The maximum absolute atomic E-state index is 3.26. The molecule has 1 heterocycles. The van der Waals surface area contributed by atoms with Crippen LogP contribution in [-0.4, -0.2) is 0 Å². The third-order valence-corrected chi connectivity index (χ3v) is 2.36. The summed E-state index contributed by atoms with van der Waals surface area (Å²) in [4.78, 5) is 0. The Morgan fingerprint density at radius 1 is 0.929 bits per heavy atom. The van der Waals surface area contributed by atoms with Crippen LogP contribution in [0.15, 0.2) is 23.5 Å². The summed E-state index contributed by atoms with van der Waals surface area (Å²) >= 11 is 0. The Bertz CT molecular complexity index is 272. The van der Waals surface area contributed by atoms with Crippen molar-refractivity contribution < 1.29 is 0 Å². The molecule has 1 rings (SSSR count). The van der Waals surface area contributed by atoms with Gasteiger partial charge in [0.1, 0.15) is 0 Å². The first-order valence-corrected chi connectivity index (χ1v) is 5.16. The Morgan fingerprint density at radius 3 is 1.86 bits per heavy atom. The van der Waals surface area contributed by atoms with E-state index >= 15 is 0 Å². The molecule has 0 spiro atoms. The van der Waals surface area contributed by atoms with E-state index in [1.54, 1.807) is 0 Å². The molecule has 0 aromatic rings. The van der Waals surface area contributed by atoms with Gasteiger partial charge in [0, 0.05) is 17.3 Å². The quantitative estimate of drug-likeness (QED) is 0.619. The number of hydrazine groups is 1. The molecular weight excluding hydrogens is 172 g/mol. The molecule has 2 nitrogen and oxygen atoms in total. The number of allylic oxidation sites excluding steroid dienone is 3. The Morgan fingerprint density at radius 2 is 1.50 bits per heavy atom. The van der Waals surface area contributed by atoms with Gasteiger partial charge in [-0.3, -0.25) is 0 Å². The van der Waals surface area contributed by atoms with E-state index in [1.807, 2.05) is 6.20 Å². The van der Waals surface area contributed by atoms with Crippen LogP contribution in [0.3, 0.4) is 0 Å². The summed E-state index contributed by atoms with van der Waals surface area (Å²) < 4.78 is 0. The van der Waals surface area contributed by atoms with E-state index in [0.717, 1.165) is 0 Å². The first-order chi connectivity index (χ1) is 6.23. The van der Waals surface area contributed by atoms with Gasteiger partial charge in [-0.1, -0.05) is 41.5 Å². The van der Waals surface area contributed by atoms with E-state index in [2.05, 4.69) is 58.5 Å². The Balaban J connectivity index is 3.18. The molecule has 80 valence electrons. The van der Waals surface area contributed by atoms with Crippen molar-refractivity contribution in [1.29, 1.82) is 0 Å². The van der Waals surface area contributed by atoms with E-state index in [0.29, 0.717) is 0 Å². The van der Waals surface area contributed by atoms with Gasteiger partial charge < -0.3 is 10.9 Å². The first kappa shape index (κ1) is 11.2. The Kier molecular flexibility index (Phi) is 2.66.